The molecule has 2 nitrogen and oxygen atoms in total. The molecule has 15 heavy (non-hydrogen) atoms. The molecule has 3 aliphatic rings. The molecule has 1 atom stereocenters. The molecule has 0 N–H and O–H groups in total. The van der Waals surface area contributed by atoms with Crippen LogP contribution >= 0.6 is 0 Å². The number of allylic oxidation sites excluding steroid dienone is 2. The Hall–Kier alpha value is -0.890. The van der Waals surface area contributed by atoms with Crippen molar-refractivity contribution in [3.05, 3.63) is 23.3 Å². The van der Waals surface area contributed by atoms with Crippen LogP contribution in [0.2, 0.25) is 0 Å². The molecule has 0 spiro atoms. The number of ketones is 1. The molecule has 0 radical (unpaired) electrons. The van der Waals surface area contributed by atoms with Crippen LogP contribution in [0.25, 0.3) is 0 Å². The number of Topliss-reactive ketones (excluding diaryl/α,β-unsaturated/α-hetero) is 1. The number of hydrogen-bond donors (Lipinski definition) is 0. The minimum absolute atomic E-state index is 0.423. The van der Waals surface area contributed by atoms with Gasteiger partial charge in [-0.05, 0) is 30.4 Å². The van der Waals surface area contributed by atoms with Gasteiger partial charge in [0.15, 0.2) is 0 Å². The third-order valence-corrected chi connectivity index (χ3v) is 3.86. The van der Waals surface area contributed by atoms with Crippen molar-refractivity contribution in [1.82, 2.24) is 4.90 Å². The first-order valence-electron chi connectivity index (χ1n) is 6.00. The number of nitrogens with zero attached hydrogens (tertiary/aromatic N) is 1. The van der Waals surface area contributed by atoms with Crippen molar-refractivity contribution in [2.75, 3.05) is 13.1 Å². The van der Waals surface area contributed by atoms with Crippen molar-refractivity contribution in [3.8, 4) is 0 Å². The minimum Gasteiger partial charge on any atom is -0.300 e. The van der Waals surface area contributed by atoms with Gasteiger partial charge in [0.25, 0.3) is 0 Å². The summed E-state index contributed by atoms with van der Waals surface area (Å²) in [6.45, 7) is 2.13. The molecule has 2 heteroatoms. The normalized spacial score (nSPS) is 31.5. The molecule has 0 saturated carbocycles. The highest BCUT2D eigenvalue weighted by molar-refractivity contribution is 5.81. The van der Waals surface area contributed by atoms with Crippen LogP contribution in [0.5, 0.6) is 0 Å². The van der Waals surface area contributed by atoms with E-state index in [1.807, 2.05) is 0 Å². The van der Waals surface area contributed by atoms with Gasteiger partial charge in [-0.15, -0.1) is 0 Å². The lowest BCUT2D eigenvalue weighted by atomic mass is 9.81. The molecule has 2 fully saturated rings. The first-order chi connectivity index (χ1) is 7.34. The second-order valence-corrected chi connectivity index (χ2v) is 4.76. The summed E-state index contributed by atoms with van der Waals surface area (Å²) in [7, 11) is 0. The highest BCUT2D eigenvalue weighted by atomic mass is 16.1. The monoisotopic (exact) mass is 203 g/mol. The van der Waals surface area contributed by atoms with Crippen LogP contribution < -0.4 is 0 Å². The molecule has 2 aliphatic heterocycles. The first kappa shape index (κ1) is 9.34. The van der Waals surface area contributed by atoms with Crippen LogP contribution in [-0.2, 0) is 4.79 Å². The molecular formula is C13H17NO. The predicted molar refractivity (Wildman–Crippen MR) is 59.6 cm³/mol. The third-order valence-electron chi connectivity index (χ3n) is 3.86. The zero-order valence-corrected chi connectivity index (χ0v) is 9.04. The number of piperidine rings is 2. The van der Waals surface area contributed by atoms with Gasteiger partial charge >= 0.3 is 0 Å². The lowest BCUT2D eigenvalue weighted by Crippen LogP contribution is -2.47. The van der Waals surface area contributed by atoms with Crippen LogP contribution in [0.3, 0.4) is 0 Å². The lowest BCUT2D eigenvalue weighted by molar-refractivity contribution is -0.122. The van der Waals surface area contributed by atoms with Gasteiger partial charge in [0, 0.05) is 32.0 Å². The lowest BCUT2D eigenvalue weighted by Gasteiger charge is -2.42. The maximum Gasteiger partial charge on any atom is 0.136 e. The van der Waals surface area contributed by atoms with Gasteiger partial charge in [-0.1, -0.05) is 12.2 Å². The number of rotatable bonds is 0. The molecule has 1 aliphatic carbocycles. The van der Waals surface area contributed by atoms with E-state index in [-0.39, 0.29) is 0 Å². The van der Waals surface area contributed by atoms with Crippen molar-refractivity contribution in [3.63, 3.8) is 0 Å². The third kappa shape index (κ3) is 1.57. The van der Waals surface area contributed by atoms with Crippen LogP contribution in [0.15, 0.2) is 23.3 Å². The van der Waals surface area contributed by atoms with Gasteiger partial charge in [-0.3, -0.25) is 9.69 Å². The Morgan fingerprint density at radius 3 is 2.87 bits per heavy atom. The highest BCUT2D eigenvalue weighted by Gasteiger charge is 2.34. The average Bonchev–Trinajstić information content (AvgIpc) is 2.29. The second-order valence-electron chi connectivity index (χ2n) is 4.76. The topological polar surface area (TPSA) is 20.3 Å². The summed E-state index contributed by atoms with van der Waals surface area (Å²) < 4.78 is 0. The van der Waals surface area contributed by atoms with E-state index < -0.39 is 0 Å². The number of carbonyl (C=O) groups is 1. The quantitative estimate of drug-likeness (QED) is 0.600. The van der Waals surface area contributed by atoms with E-state index in [4.69, 9.17) is 0 Å². The Bertz CT molecular complexity index is 354. The molecule has 0 aromatic heterocycles. The maximum atomic E-state index is 11.5. The standard InChI is InChI=1S/C13H17NO/c15-11-6-8-14-7-5-10-3-1-2-4-12(10)13(14)9-11/h3-4,13H,1-2,5-9H2. The molecular weight excluding hydrogens is 186 g/mol. The fourth-order valence-electron chi connectivity index (χ4n) is 3.05. The summed E-state index contributed by atoms with van der Waals surface area (Å²) in [5, 5.41) is 0. The van der Waals surface area contributed by atoms with Gasteiger partial charge in [0.1, 0.15) is 5.78 Å². The molecule has 80 valence electrons. The van der Waals surface area contributed by atoms with Gasteiger partial charge in [-0.25, -0.2) is 0 Å². The van der Waals surface area contributed by atoms with Gasteiger partial charge in [0.2, 0.25) is 0 Å². The van der Waals surface area contributed by atoms with E-state index in [0.717, 1.165) is 32.4 Å². The van der Waals surface area contributed by atoms with E-state index in [0.29, 0.717) is 11.8 Å². The van der Waals surface area contributed by atoms with Crippen molar-refractivity contribution in [2.24, 2.45) is 0 Å². The molecule has 0 aromatic rings. The second kappa shape index (κ2) is 3.60. The summed E-state index contributed by atoms with van der Waals surface area (Å²) in [5.41, 5.74) is 3.00. The smallest absolute Gasteiger partial charge is 0.136 e. The summed E-state index contributed by atoms with van der Waals surface area (Å²) in [4.78, 5) is 14.0. The van der Waals surface area contributed by atoms with Crippen molar-refractivity contribution in [1.29, 1.82) is 0 Å². The zero-order chi connectivity index (χ0) is 10.3. The van der Waals surface area contributed by atoms with E-state index in [1.165, 1.54) is 24.0 Å². The Kier molecular flexibility index (Phi) is 2.24. The fourth-order valence-corrected chi connectivity index (χ4v) is 3.05. The fraction of sp³-hybridized carbons (Fsp3) is 0.615. The molecule has 1 unspecified atom stereocenters. The maximum absolute atomic E-state index is 11.5. The summed E-state index contributed by atoms with van der Waals surface area (Å²) in [6.07, 6.45) is 9.82. The van der Waals surface area contributed by atoms with Crippen molar-refractivity contribution in [2.45, 2.75) is 38.1 Å². The molecule has 0 amide bonds. The summed E-state index contributed by atoms with van der Waals surface area (Å²) in [6, 6.07) is 0.423. The van der Waals surface area contributed by atoms with Gasteiger partial charge in [-0.2, -0.15) is 0 Å². The molecule has 2 heterocycles. The zero-order valence-electron chi connectivity index (χ0n) is 9.04. The summed E-state index contributed by atoms with van der Waals surface area (Å²) in [5.74, 6) is 0.448. The summed E-state index contributed by atoms with van der Waals surface area (Å²) >= 11 is 0. The first-order valence-corrected chi connectivity index (χ1v) is 6.00. The van der Waals surface area contributed by atoms with Crippen LogP contribution in [0, 0.1) is 0 Å². The molecule has 2 saturated heterocycles. The van der Waals surface area contributed by atoms with E-state index in [9.17, 15) is 4.79 Å². The predicted octanol–water partition coefficient (Wildman–Crippen LogP) is 2.07. The molecule has 3 rings (SSSR count). The number of fused-ring (bicyclic) bond motifs is 3. The molecule has 0 bridgehead atoms. The van der Waals surface area contributed by atoms with Crippen molar-refractivity contribution < 1.29 is 4.79 Å². The Morgan fingerprint density at radius 2 is 1.93 bits per heavy atom. The van der Waals surface area contributed by atoms with E-state index in [1.54, 1.807) is 0 Å². The Labute approximate surface area is 90.6 Å². The number of carbonyl (C=O) groups excluding carboxylic acids is 1. The van der Waals surface area contributed by atoms with Crippen LogP contribution in [-0.4, -0.2) is 29.8 Å². The van der Waals surface area contributed by atoms with Crippen LogP contribution in [0.1, 0.15) is 32.1 Å². The Morgan fingerprint density at radius 1 is 1.13 bits per heavy atom. The highest BCUT2D eigenvalue weighted by Crippen LogP contribution is 2.35. The SMILES string of the molecule is O=C1CCN2CCC3=CCCC=C3C2C1. The van der Waals surface area contributed by atoms with Crippen LogP contribution in [0.4, 0.5) is 0 Å². The van der Waals surface area contributed by atoms with E-state index >= 15 is 0 Å². The Balaban J connectivity index is 1.90. The van der Waals surface area contributed by atoms with Gasteiger partial charge < -0.3 is 0 Å². The minimum atomic E-state index is 0.423. The molecule has 0 aromatic carbocycles. The average molecular weight is 203 g/mol. The largest absolute Gasteiger partial charge is 0.300 e. The van der Waals surface area contributed by atoms with Crippen molar-refractivity contribution >= 4 is 5.78 Å². The van der Waals surface area contributed by atoms with Gasteiger partial charge in [0.05, 0.1) is 0 Å². The number of hydrogen-bond acceptors (Lipinski definition) is 2. The van der Waals surface area contributed by atoms with E-state index in [2.05, 4.69) is 17.1 Å².